The Hall–Kier alpha value is -4.00. The molecule has 0 spiro atoms. The van der Waals surface area contributed by atoms with E-state index in [1.807, 2.05) is 24.3 Å². The van der Waals surface area contributed by atoms with Crippen LogP contribution in [0.3, 0.4) is 0 Å². The van der Waals surface area contributed by atoms with Gasteiger partial charge < -0.3 is 15.8 Å². The maximum Gasteiger partial charge on any atom is 0.250 e. The van der Waals surface area contributed by atoms with Crippen LogP contribution in [0.2, 0.25) is 0 Å². The van der Waals surface area contributed by atoms with Crippen molar-refractivity contribution < 1.29 is 14.3 Å². The number of nitrogens with one attached hydrogen (secondary N) is 1. The van der Waals surface area contributed by atoms with Crippen LogP contribution < -0.4 is 15.8 Å². The van der Waals surface area contributed by atoms with Gasteiger partial charge in [-0.1, -0.05) is 24.6 Å². The fourth-order valence-corrected chi connectivity index (χ4v) is 3.90. The molecule has 168 valence electrons. The summed E-state index contributed by atoms with van der Waals surface area (Å²) in [6.07, 6.45) is 9.67. The zero-order valence-electron chi connectivity index (χ0n) is 18.5. The third kappa shape index (κ3) is 5.26. The number of nitrogens with zero attached hydrogens (tertiary/aromatic N) is 2. The number of pyridine rings is 2. The molecule has 0 bridgehead atoms. The molecule has 0 saturated carbocycles. The number of nitrogens with two attached hydrogens (primary N) is 1. The van der Waals surface area contributed by atoms with Crippen LogP contribution in [0.25, 0.3) is 16.5 Å². The van der Waals surface area contributed by atoms with Gasteiger partial charge in [0.25, 0.3) is 5.91 Å². The maximum atomic E-state index is 11.8. The Morgan fingerprint density at radius 2 is 2.03 bits per heavy atom. The van der Waals surface area contributed by atoms with Crippen molar-refractivity contribution in [1.29, 1.82) is 0 Å². The Kier molecular flexibility index (Phi) is 6.78. The van der Waals surface area contributed by atoms with Gasteiger partial charge in [0.2, 0.25) is 5.91 Å². The quantitative estimate of drug-likeness (QED) is 0.576. The van der Waals surface area contributed by atoms with E-state index < -0.39 is 5.91 Å². The standard InChI is InChI=1S/C26H26N4O3/c1-2-5-18(12-17-8-11-30-25(31)13-17)19-14-22-20(6-3-9-28-22)24(15-19)33-16-23-21(26(27)32)7-4-10-29-23/h3-7,9-10,12,14-15H,2,8,11,13,16H2,1H3,(H2,27,32)(H,30,31). The van der Waals surface area contributed by atoms with Gasteiger partial charge in [-0.2, -0.15) is 0 Å². The normalized spacial score (nSPS) is 15.5. The highest BCUT2D eigenvalue weighted by molar-refractivity contribution is 5.94. The first-order valence-electron chi connectivity index (χ1n) is 11.0. The van der Waals surface area contributed by atoms with E-state index >= 15 is 0 Å². The van der Waals surface area contributed by atoms with Crippen LogP contribution in [0.4, 0.5) is 0 Å². The average molecular weight is 443 g/mol. The summed E-state index contributed by atoms with van der Waals surface area (Å²) in [4.78, 5) is 32.4. The molecule has 1 saturated heterocycles. The van der Waals surface area contributed by atoms with Crippen molar-refractivity contribution in [2.45, 2.75) is 32.8 Å². The van der Waals surface area contributed by atoms with Crippen molar-refractivity contribution in [2.75, 3.05) is 6.54 Å². The molecule has 1 fully saturated rings. The van der Waals surface area contributed by atoms with Crippen molar-refractivity contribution in [3.8, 4) is 5.75 Å². The zero-order chi connectivity index (χ0) is 23.2. The fourth-order valence-electron chi connectivity index (χ4n) is 3.90. The molecule has 3 N–H and O–H groups in total. The topological polar surface area (TPSA) is 107 Å². The highest BCUT2D eigenvalue weighted by Gasteiger charge is 2.15. The molecular weight excluding hydrogens is 416 g/mol. The molecule has 2 aromatic heterocycles. The van der Waals surface area contributed by atoms with Crippen LogP contribution in [0.15, 0.2) is 66.5 Å². The lowest BCUT2D eigenvalue weighted by Gasteiger charge is -2.17. The number of benzene rings is 1. The highest BCUT2D eigenvalue weighted by atomic mass is 16.5. The molecule has 1 aromatic carbocycles. The molecule has 2 amide bonds. The van der Waals surface area contributed by atoms with Crippen molar-refractivity contribution in [1.82, 2.24) is 15.3 Å². The number of allylic oxidation sites excluding steroid dienone is 3. The smallest absolute Gasteiger partial charge is 0.250 e. The lowest BCUT2D eigenvalue weighted by molar-refractivity contribution is -0.121. The summed E-state index contributed by atoms with van der Waals surface area (Å²) in [5.74, 6) is 0.143. The molecule has 33 heavy (non-hydrogen) atoms. The molecule has 3 heterocycles. The molecule has 1 aliphatic rings. The average Bonchev–Trinajstić information content (AvgIpc) is 2.82. The van der Waals surface area contributed by atoms with E-state index in [-0.39, 0.29) is 12.5 Å². The zero-order valence-corrected chi connectivity index (χ0v) is 18.5. The van der Waals surface area contributed by atoms with E-state index in [0.29, 0.717) is 30.0 Å². The van der Waals surface area contributed by atoms with Crippen LogP contribution in [0, 0.1) is 0 Å². The highest BCUT2D eigenvalue weighted by Crippen LogP contribution is 2.32. The summed E-state index contributed by atoms with van der Waals surface area (Å²) in [5.41, 5.74) is 10.2. The van der Waals surface area contributed by atoms with Gasteiger partial charge in [-0.15, -0.1) is 0 Å². The Bertz CT molecular complexity index is 1260. The van der Waals surface area contributed by atoms with Gasteiger partial charge in [0.05, 0.1) is 16.8 Å². The van der Waals surface area contributed by atoms with E-state index in [9.17, 15) is 9.59 Å². The Labute approximate surface area is 192 Å². The van der Waals surface area contributed by atoms with Gasteiger partial charge in [0, 0.05) is 30.7 Å². The van der Waals surface area contributed by atoms with Crippen LogP contribution in [0.5, 0.6) is 5.75 Å². The molecule has 7 nitrogen and oxygen atoms in total. The second-order valence-corrected chi connectivity index (χ2v) is 7.84. The van der Waals surface area contributed by atoms with Gasteiger partial charge in [-0.25, -0.2) is 0 Å². The predicted molar refractivity (Wildman–Crippen MR) is 127 cm³/mol. The molecule has 1 aliphatic heterocycles. The van der Waals surface area contributed by atoms with Crippen LogP contribution in [0.1, 0.15) is 47.8 Å². The molecule has 0 atom stereocenters. The second kappa shape index (κ2) is 10.1. The van der Waals surface area contributed by atoms with E-state index in [0.717, 1.165) is 40.5 Å². The largest absolute Gasteiger partial charge is 0.487 e. The summed E-state index contributed by atoms with van der Waals surface area (Å²) in [6, 6.07) is 11.1. The minimum absolute atomic E-state index is 0.0492. The number of primary amides is 1. The van der Waals surface area contributed by atoms with Gasteiger partial charge in [0.1, 0.15) is 12.4 Å². The molecule has 0 aliphatic carbocycles. The van der Waals surface area contributed by atoms with Gasteiger partial charge >= 0.3 is 0 Å². The molecule has 7 heteroatoms. The van der Waals surface area contributed by atoms with Crippen LogP contribution in [-0.2, 0) is 11.4 Å². The Balaban J connectivity index is 1.72. The lowest BCUT2D eigenvalue weighted by atomic mass is 9.96. The first-order valence-corrected chi connectivity index (χ1v) is 11.0. The molecule has 0 unspecified atom stereocenters. The number of carbonyl (C=O) groups is 2. The number of carbonyl (C=O) groups excluding carboxylic acids is 2. The van der Waals surface area contributed by atoms with E-state index in [4.69, 9.17) is 10.5 Å². The summed E-state index contributed by atoms with van der Waals surface area (Å²) in [7, 11) is 0. The number of ether oxygens (including phenoxy) is 1. The minimum Gasteiger partial charge on any atom is -0.487 e. The number of hydrogen-bond donors (Lipinski definition) is 2. The second-order valence-electron chi connectivity index (χ2n) is 7.84. The monoisotopic (exact) mass is 442 g/mol. The fraction of sp³-hybridized carbons (Fsp3) is 0.231. The number of aromatic nitrogens is 2. The molecule has 3 aromatic rings. The van der Waals surface area contributed by atoms with Gasteiger partial charge in [-0.05, 0) is 60.4 Å². The number of hydrogen-bond acceptors (Lipinski definition) is 5. The van der Waals surface area contributed by atoms with Crippen molar-refractivity contribution >= 4 is 28.3 Å². The first kappa shape index (κ1) is 22.2. The van der Waals surface area contributed by atoms with Crippen molar-refractivity contribution in [2.24, 2.45) is 5.73 Å². The SMILES string of the molecule is CCC=C(C=C1CCNC(=O)C1)c1cc(OCc2ncccc2C(N)=O)c2cccnc2c1. The molecule has 4 rings (SSSR count). The lowest BCUT2D eigenvalue weighted by Crippen LogP contribution is -2.29. The van der Waals surface area contributed by atoms with Crippen LogP contribution in [-0.4, -0.2) is 28.3 Å². The third-order valence-corrected chi connectivity index (χ3v) is 5.48. The first-order chi connectivity index (χ1) is 16.0. The minimum atomic E-state index is -0.543. The van der Waals surface area contributed by atoms with E-state index in [1.54, 1.807) is 24.5 Å². The number of rotatable bonds is 7. The number of fused-ring (bicyclic) bond motifs is 1. The number of piperidine rings is 1. The Morgan fingerprint density at radius 3 is 2.82 bits per heavy atom. The Morgan fingerprint density at radius 1 is 1.21 bits per heavy atom. The van der Waals surface area contributed by atoms with Crippen LogP contribution >= 0.6 is 0 Å². The van der Waals surface area contributed by atoms with E-state index in [1.165, 1.54) is 0 Å². The summed E-state index contributed by atoms with van der Waals surface area (Å²) >= 11 is 0. The van der Waals surface area contributed by atoms with Crippen molar-refractivity contribution in [3.05, 3.63) is 83.3 Å². The van der Waals surface area contributed by atoms with E-state index in [2.05, 4.69) is 34.4 Å². The number of amides is 2. The summed E-state index contributed by atoms with van der Waals surface area (Å²) in [5, 5.41) is 3.73. The summed E-state index contributed by atoms with van der Waals surface area (Å²) in [6.45, 7) is 2.83. The molecule has 0 radical (unpaired) electrons. The molecular formula is C26H26N4O3. The third-order valence-electron chi connectivity index (χ3n) is 5.48. The van der Waals surface area contributed by atoms with Crippen molar-refractivity contribution in [3.63, 3.8) is 0 Å². The predicted octanol–water partition coefficient (Wildman–Crippen LogP) is 3.94. The van der Waals surface area contributed by atoms with Gasteiger partial charge in [-0.3, -0.25) is 19.6 Å². The maximum absolute atomic E-state index is 11.8. The van der Waals surface area contributed by atoms with Gasteiger partial charge in [0.15, 0.2) is 0 Å². The summed E-state index contributed by atoms with van der Waals surface area (Å²) < 4.78 is 6.15.